The molecule has 1 amide bonds. The average molecular weight is 276 g/mol. The Bertz CT molecular complexity index is 549. The number of thiophene rings is 1. The first kappa shape index (κ1) is 13.4. The Kier molecular flexibility index (Phi) is 4.41. The summed E-state index contributed by atoms with van der Waals surface area (Å²) in [6.45, 7) is 0.587. The van der Waals surface area contributed by atoms with Crippen molar-refractivity contribution in [2.75, 3.05) is 19.4 Å². The third-order valence-corrected chi connectivity index (χ3v) is 3.63. The molecule has 0 aliphatic carbocycles. The van der Waals surface area contributed by atoms with E-state index in [1.165, 1.54) is 11.3 Å². The number of nitrogen functional groups attached to an aromatic ring is 1. The second-order valence-corrected chi connectivity index (χ2v) is 4.98. The van der Waals surface area contributed by atoms with E-state index >= 15 is 0 Å². The molecule has 0 atom stereocenters. The summed E-state index contributed by atoms with van der Waals surface area (Å²) in [5.41, 5.74) is 7.51. The zero-order chi connectivity index (χ0) is 13.7. The number of nitrogens with two attached hydrogens (primary N) is 1. The highest BCUT2D eigenvalue weighted by Gasteiger charge is 2.12. The number of amides is 1. The van der Waals surface area contributed by atoms with Crippen LogP contribution in [0.5, 0.6) is 5.75 Å². The summed E-state index contributed by atoms with van der Waals surface area (Å²) < 4.78 is 5.12. The summed E-state index contributed by atoms with van der Waals surface area (Å²) in [6, 6.07) is 9.44. The van der Waals surface area contributed by atoms with Crippen molar-refractivity contribution in [3.63, 3.8) is 0 Å². The van der Waals surface area contributed by atoms with Crippen LogP contribution in [-0.2, 0) is 6.42 Å². The highest BCUT2D eigenvalue weighted by atomic mass is 32.1. The molecule has 5 heteroatoms. The summed E-state index contributed by atoms with van der Waals surface area (Å²) >= 11 is 1.38. The molecule has 0 radical (unpaired) electrons. The number of hydrogen-bond acceptors (Lipinski definition) is 4. The van der Waals surface area contributed by atoms with Crippen LogP contribution in [0.25, 0.3) is 0 Å². The van der Waals surface area contributed by atoms with Crippen molar-refractivity contribution in [2.45, 2.75) is 6.42 Å². The molecule has 0 saturated carbocycles. The van der Waals surface area contributed by atoms with E-state index in [1.807, 2.05) is 29.6 Å². The number of carbonyl (C=O) groups excluding carboxylic acids is 1. The van der Waals surface area contributed by atoms with Gasteiger partial charge in [0.2, 0.25) is 0 Å². The monoisotopic (exact) mass is 276 g/mol. The van der Waals surface area contributed by atoms with Crippen LogP contribution in [0, 0.1) is 0 Å². The van der Waals surface area contributed by atoms with E-state index in [0.717, 1.165) is 17.7 Å². The zero-order valence-electron chi connectivity index (χ0n) is 10.7. The van der Waals surface area contributed by atoms with Crippen molar-refractivity contribution in [3.8, 4) is 5.75 Å². The van der Waals surface area contributed by atoms with Gasteiger partial charge in [-0.15, -0.1) is 11.3 Å². The lowest BCUT2D eigenvalue weighted by atomic mass is 10.1. The van der Waals surface area contributed by atoms with Crippen LogP contribution in [-0.4, -0.2) is 19.6 Å². The van der Waals surface area contributed by atoms with Crippen molar-refractivity contribution in [3.05, 3.63) is 46.2 Å². The molecule has 19 heavy (non-hydrogen) atoms. The number of anilines is 1. The van der Waals surface area contributed by atoms with E-state index in [1.54, 1.807) is 13.2 Å². The van der Waals surface area contributed by atoms with Gasteiger partial charge in [0.15, 0.2) is 0 Å². The van der Waals surface area contributed by atoms with Crippen LogP contribution in [0.15, 0.2) is 35.7 Å². The summed E-state index contributed by atoms with van der Waals surface area (Å²) in [4.78, 5) is 12.5. The molecular formula is C14H16N2O2S. The third kappa shape index (κ3) is 3.48. The third-order valence-electron chi connectivity index (χ3n) is 2.73. The minimum atomic E-state index is -0.0951. The van der Waals surface area contributed by atoms with Gasteiger partial charge in [-0.3, -0.25) is 4.79 Å². The van der Waals surface area contributed by atoms with Crippen LogP contribution < -0.4 is 15.8 Å². The molecule has 0 spiro atoms. The fourth-order valence-corrected chi connectivity index (χ4v) is 2.48. The highest BCUT2D eigenvalue weighted by molar-refractivity contribution is 7.12. The SMILES string of the molecule is COc1ccsc1C(=O)NCCc1ccc(N)cc1. The Balaban J connectivity index is 1.86. The molecule has 1 aromatic carbocycles. The van der Waals surface area contributed by atoms with Gasteiger partial charge in [0.05, 0.1) is 7.11 Å². The number of carbonyl (C=O) groups is 1. The fraction of sp³-hybridized carbons (Fsp3) is 0.214. The van der Waals surface area contributed by atoms with Gasteiger partial charge in [-0.2, -0.15) is 0 Å². The Labute approximate surface area is 116 Å². The maximum atomic E-state index is 11.9. The first-order valence-electron chi connectivity index (χ1n) is 5.95. The molecule has 2 aromatic rings. The van der Waals surface area contributed by atoms with E-state index in [0.29, 0.717) is 17.2 Å². The van der Waals surface area contributed by atoms with Gasteiger partial charge >= 0.3 is 0 Å². The summed E-state index contributed by atoms with van der Waals surface area (Å²) in [5.74, 6) is 0.525. The Morgan fingerprint density at radius 1 is 1.32 bits per heavy atom. The Hall–Kier alpha value is -2.01. The fourth-order valence-electron chi connectivity index (χ4n) is 1.71. The number of benzene rings is 1. The largest absolute Gasteiger partial charge is 0.495 e. The summed E-state index contributed by atoms with van der Waals surface area (Å²) in [6.07, 6.45) is 0.777. The molecule has 0 saturated heterocycles. The number of methoxy groups -OCH3 is 1. The first-order chi connectivity index (χ1) is 9.20. The van der Waals surface area contributed by atoms with Crippen molar-refractivity contribution in [2.24, 2.45) is 0 Å². The zero-order valence-corrected chi connectivity index (χ0v) is 11.5. The molecule has 100 valence electrons. The highest BCUT2D eigenvalue weighted by Crippen LogP contribution is 2.23. The van der Waals surface area contributed by atoms with Crippen LogP contribution >= 0.6 is 11.3 Å². The second-order valence-electron chi connectivity index (χ2n) is 4.07. The molecule has 2 rings (SSSR count). The number of nitrogens with one attached hydrogen (secondary N) is 1. The minimum absolute atomic E-state index is 0.0951. The maximum Gasteiger partial charge on any atom is 0.265 e. The van der Waals surface area contributed by atoms with Crippen LogP contribution in [0.1, 0.15) is 15.2 Å². The molecule has 1 aromatic heterocycles. The number of rotatable bonds is 5. The van der Waals surface area contributed by atoms with Gasteiger partial charge in [-0.05, 0) is 35.6 Å². The summed E-state index contributed by atoms with van der Waals surface area (Å²) in [7, 11) is 1.56. The molecular weight excluding hydrogens is 260 g/mol. The van der Waals surface area contributed by atoms with E-state index in [9.17, 15) is 4.79 Å². The van der Waals surface area contributed by atoms with Gasteiger partial charge in [0.1, 0.15) is 10.6 Å². The average Bonchev–Trinajstić information content (AvgIpc) is 2.89. The molecule has 4 nitrogen and oxygen atoms in total. The topological polar surface area (TPSA) is 64.3 Å². The van der Waals surface area contributed by atoms with E-state index < -0.39 is 0 Å². The van der Waals surface area contributed by atoms with Crippen molar-refractivity contribution >= 4 is 22.9 Å². The van der Waals surface area contributed by atoms with Crippen LogP contribution in [0.4, 0.5) is 5.69 Å². The molecule has 0 fully saturated rings. The van der Waals surface area contributed by atoms with Crippen molar-refractivity contribution < 1.29 is 9.53 Å². The van der Waals surface area contributed by atoms with Crippen molar-refractivity contribution in [1.29, 1.82) is 0 Å². The van der Waals surface area contributed by atoms with E-state index in [-0.39, 0.29) is 5.91 Å². The smallest absolute Gasteiger partial charge is 0.265 e. The van der Waals surface area contributed by atoms with Gasteiger partial charge in [0.25, 0.3) is 5.91 Å². The quantitative estimate of drug-likeness (QED) is 0.824. The lowest BCUT2D eigenvalue weighted by Crippen LogP contribution is -2.25. The van der Waals surface area contributed by atoms with Gasteiger partial charge in [-0.25, -0.2) is 0 Å². The van der Waals surface area contributed by atoms with Crippen molar-refractivity contribution in [1.82, 2.24) is 5.32 Å². The van der Waals surface area contributed by atoms with Gasteiger partial charge in [-0.1, -0.05) is 12.1 Å². The van der Waals surface area contributed by atoms with Gasteiger partial charge < -0.3 is 15.8 Å². The maximum absolute atomic E-state index is 11.9. The van der Waals surface area contributed by atoms with Crippen LogP contribution in [0.3, 0.4) is 0 Å². The summed E-state index contributed by atoms with van der Waals surface area (Å²) in [5, 5.41) is 4.72. The first-order valence-corrected chi connectivity index (χ1v) is 6.83. The predicted octanol–water partition coefficient (Wildman–Crippen LogP) is 2.31. The molecule has 0 unspecified atom stereocenters. The lowest BCUT2D eigenvalue weighted by Gasteiger charge is -2.06. The lowest BCUT2D eigenvalue weighted by molar-refractivity contribution is 0.0955. The molecule has 1 heterocycles. The van der Waals surface area contributed by atoms with E-state index in [2.05, 4.69) is 5.32 Å². The Morgan fingerprint density at radius 3 is 2.74 bits per heavy atom. The molecule has 0 bridgehead atoms. The molecule has 3 N–H and O–H groups in total. The number of ether oxygens (including phenoxy) is 1. The Morgan fingerprint density at radius 2 is 2.05 bits per heavy atom. The number of hydrogen-bond donors (Lipinski definition) is 2. The van der Waals surface area contributed by atoms with E-state index in [4.69, 9.17) is 10.5 Å². The minimum Gasteiger partial charge on any atom is -0.495 e. The normalized spacial score (nSPS) is 10.2. The predicted molar refractivity (Wildman–Crippen MR) is 77.8 cm³/mol. The van der Waals surface area contributed by atoms with Gasteiger partial charge in [0, 0.05) is 12.2 Å². The standard InChI is InChI=1S/C14H16N2O2S/c1-18-12-7-9-19-13(12)14(17)16-8-6-10-2-4-11(15)5-3-10/h2-5,7,9H,6,8,15H2,1H3,(H,16,17). The molecule has 0 aliphatic heterocycles. The second kappa shape index (κ2) is 6.24. The molecule has 0 aliphatic rings. The van der Waals surface area contributed by atoms with Crippen LogP contribution in [0.2, 0.25) is 0 Å².